The second-order valence-corrected chi connectivity index (χ2v) is 7.19. The summed E-state index contributed by atoms with van der Waals surface area (Å²) in [6.45, 7) is 0. The highest BCUT2D eigenvalue weighted by Crippen LogP contribution is 2.23. The smallest absolute Gasteiger partial charge is 0.234 e. The number of benzene rings is 2. The molecule has 24 heavy (non-hydrogen) atoms. The molecule has 2 aromatic heterocycles. The minimum Gasteiger partial charge on any atom is -0.324 e. The summed E-state index contributed by atoms with van der Waals surface area (Å²) in [7, 11) is 0. The maximum absolute atomic E-state index is 12.2. The Balaban J connectivity index is 1.53. The SMILES string of the molecule is O=C(CSc1n[nH]c2nc3ccccc3n12)Nc1ccccc1I. The molecule has 2 N–H and O–H groups in total. The molecule has 2 heterocycles. The predicted octanol–water partition coefficient (Wildman–Crippen LogP) is 3.55. The van der Waals surface area contributed by atoms with Crippen LogP contribution in [-0.2, 0) is 4.79 Å². The topological polar surface area (TPSA) is 75.1 Å². The van der Waals surface area contributed by atoms with E-state index in [0.29, 0.717) is 5.78 Å². The van der Waals surface area contributed by atoms with Gasteiger partial charge in [0, 0.05) is 3.57 Å². The summed E-state index contributed by atoms with van der Waals surface area (Å²) in [6, 6.07) is 15.5. The number of nitrogens with zero attached hydrogens (tertiary/aromatic N) is 3. The van der Waals surface area contributed by atoms with Crippen LogP contribution in [0.4, 0.5) is 5.69 Å². The molecule has 1 amide bonds. The number of aromatic nitrogens is 4. The van der Waals surface area contributed by atoms with E-state index < -0.39 is 0 Å². The zero-order valence-electron chi connectivity index (χ0n) is 12.4. The van der Waals surface area contributed by atoms with Crippen molar-refractivity contribution in [3.63, 3.8) is 0 Å². The lowest BCUT2D eigenvalue weighted by Crippen LogP contribution is -2.15. The number of fused-ring (bicyclic) bond motifs is 3. The second-order valence-electron chi connectivity index (χ2n) is 5.08. The molecule has 120 valence electrons. The number of hydrogen-bond acceptors (Lipinski definition) is 4. The van der Waals surface area contributed by atoms with E-state index in [4.69, 9.17) is 0 Å². The number of H-pyrrole nitrogens is 1. The van der Waals surface area contributed by atoms with Crippen LogP contribution in [-0.4, -0.2) is 31.2 Å². The third kappa shape index (κ3) is 2.86. The number of amides is 1. The Kier molecular flexibility index (Phi) is 4.15. The van der Waals surface area contributed by atoms with Crippen LogP contribution < -0.4 is 5.32 Å². The average molecular weight is 449 g/mol. The van der Waals surface area contributed by atoms with E-state index in [0.717, 1.165) is 25.4 Å². The lowest BCUT2D eigenvalue weighted by molar-refractivity contribution is -0.113. The first-order valence-electron chi connectivity index (χ1n) is 7.21. The lowest BCUT2D eigenvalue weighted by atomic mass is 10.3. The summed E-state index contributed by atoms with van der Waals surface area (Å²) in [5, 5.41) is 10.8. The molecular formula is C16H12IN5OS. The van der Waals surface area contributed by atoms with Gasteiger partial charge >= 0.3 is 0 Å². The molecule has 6 nitrogen and oxygen atoms in total. The number of rotatable bonds is 4. The molecule has 2 aromatic carbocycles. The van der Waals surface area contributed by atoms with Crippen LogP contribution in [0.15, 0.2) is 53.7 Å². The van der Waals surface area contributed by atoms with Crippen molar-refractivity contribution in [2.45, 2.75) is 5.16 Å². The van der Waals surface area contributed by atoms with Crippen molar-refractivity contribution in [1.29, 1.82) is 0 Å². The molecule has 4 rings (SSSR count). The van der Waals surface area contributed by atoms with Crippen molar-refractivity contribution in [3.05, 3.63) is 52.1 Å². The van der Waals surface area contributed by atoms with Gasteiger partial charge < -0.3 is 5.32 Å². The van der Waals surface area contributed by atoms with Crippen molar-refractivity contribution < 1.29 is 4.79 Å². The number of para-hydroxylation sites is 3. The number of imidazole rings is 1. The molecule has 0 fully saturated rings. The zero-order valence-corrected chi connectivity index (χ0v) is 15.3. The van der Waals surface area contributed by atoms with Crippen LogP contribution in [0, 0.1) is 3.57 Å². The van der Waals surface area contributed by atoms with Gasteiger partial charge in [-0.25, -0.2) is 10.1 Å². The molecule has 0 atom stereocenters. The number of carbonyl (C=O) groups excluding carboxylic acids is 1. The Morgan fingerprint density at radius 2 is 2.00 bits per heavy atom. The van der Waals surface area contributed by atoms with E-state index in [1.807, 2.05) is 52.9 Å². The predicted molar refractivity (Wildman–Crippen MR) is 103 cm³/mol. The molecule has 0 spiro atoms. The van der Waals surface area contributed by atoms with E-state index in [1.165, 1.54) is 11.8 Å². The van der Waals surface area contributed by atoms with Gasteiger partial charge in [-0.2, -0.15) is 0 Å². The Morgan fingerprint density at radius 3 is 2.88 bits per heavy atom. The van der Waals surface area contributed by atoms with Gasteiger partial charge in [0.05, 0.1) is 22.5 Å². The molecule has 0 aliphatic heterocycles. The van der Waals surface area contributed by atoms with E-state index in [-0.39, 0.29) is 11.7 Å². The monoisotopic (exact) mass is 449 g/mol. The number of carbonyl (C=O) groups is 1. The van der Waals surface area contributed by atoms with Gasteiger partial charge in [-0.3, -0.25) is 9.20 Å². The minimum atomic E-state index is -0.0651. The van der Waals surface area contributed by atoms with Crippen LogP contribution in [0.3, 0.4) is 0 Å². The largest absolute Gasteiger partial charge is 0.324 e. The highest BCUT2D eigenvalue weighted by Gasteiger charge is 2.13. The van der Waals surface area contributed by atoms with Gasteiger partial charge in [0.1, 0.15) is 0 Å². The maximum atomic E-state index is 12.2. The summed E-state index contributed by atoms with van der Waals surface area (Å²) >= 11 is 3.58. The van der Waals surface area contributed by atoms with E-state index in [2.05, 4.69) is 43.1 Å². The number of halogens is 1. The fraction of sp³-hybridized carbons (Fsp3) is 0.0625. The molecule has 0 unspecified atom stereocenters. The number of thioether (sulfide) groups is 1. The number of nitrogens with one attached hydrogen (secondary N) is 2. The van der Waals surface area contributed by atoms with Gasteiger partial charge in [0.15, 0.2) is 5.16 Å². The van der Waals surface area contributed by atoms with Crippen molar-refractivity contribution in [2.24, 2.45) is 0 Å². The van der Waals surface area contributed by atoms with Crippen molar-refractivity contribution in [1.82, 2.24) is 19.6 Å². The molecule has 0 saturated heterocycles. The summed E-state index contributed by atoms with van der Waals surface area (Å²) in [4.78, 5) is 16.7. The molecule has 0 aliphatic carbocycles. The quantitative estimate of drug-likeness (QED) is 0.369. The molecule has 0 saturated carbocycles. The van der Waals surface area contributed by atoms with Gasteiger partial charge in [-0.05, 0) is 46.9 Å². The second kappa shape index (κ2) is 6.44. The van der Waals surface area contributed by atoms with Crippen molar-refractivity contribution in [2.75, 3.05) is 11.1 Å². The fourth-order valence-corrected chi connectivity index (χ4v) is 3.70. The molecular weight excluding hydrogens is 437 g/mol. The molecule has 4 aromatic rings. The average Bonchev–Trinajstić information content (AvgIpc) is 3.14. The van der Waals surface area contributed by atoms with Crippen LogP contribution in [0.2, 0.25) is 0 Å². The van der Waals surface area contributed by atoms with Crippen molar-refractivity contribution >= 4 is 62.8 Å². The standard InChI is InChI=1S/C16H12IN5OS/c17-10-5-1-2-6-11(10)18-14(23)9-24-16-21-20-15-19-12-7-3-4-8-13(12)22(15)16/h1-8H,9H2,(H,18,23)(H,19,20). The van der Waals surface area contributed by atoms with Crippen LogP contribution in [0.1, 0.15) is 0 Å². The van der Waals surface area contributed by atoms with Gasteiger partial charge in [-0.15, -0.1) is 5.10 Å². The van der Waals surface area contributed by atoms with Gasteiger partial charge in [0.2, 0.25) is 11.7 Å². The Labute approximate surface area is 155 Å². The molecule has 0 aliphatic rings. The Morgan fingerprint density at radius 1 is 1.21 bits per heavy atom. The molecule has 0 bridgehead atoms. The highest BCUT2D eigenvalue weighted by atomic mass is 127. The first kappa shape index (κ1) is 15.5. The van der Waals surface area contributed by atoms with Crippen LogP contribution in [0.5, 0.6) is 0 Å². The number of anilines is 1. The van der Waals surface area contributed by atoms with E-state index >= 15 is 0 Å². The van der Waals surface area contributed by atoms with Crippen molar-refractivity contribution in [3.8, 4) is 0 Å². The molecule has 8 heteroatoms. The fourth-order valence-electron chi connectivity index (χ4n) is 2.42. The Bertz CT molecular complexity index is 1040. The summed E-state index contributed by atoms with van der Waals surface area (Å²) in [6.07, 6.45) is 0. The minimum absolute atomic E-state index is 0.0651. The summed E-state index contributed by atoms with van der Waals surface area (Å²) < 4.78 is 2.94. The third-order valence-electron chi connectivity index (χ3n) is 3.48. The van der Waals surface area contributed by atoms with E-state index in [9.17, 15) is 4.79 Å². The first-order valence-corrected chi connectivity index (χ1v) is 9.27. The first-order chi connectivity index (χ1) is 11.7. The summed E-state index contributed by atoms with van der Waals surface area (Å²) in [5.41, 5.74) is 2.70. The van der Waals surface area contributed by atoms with Crippen LogP contribution >= 0.6 is 34.4 Å². The number of aromatic amines is 1. The third-order valence-corrected chi connectivity index (χ3v) is 5.36. The van der Waals surface area contributed by atoms with Gasteiger partial charge in [0.25, 0.3) is 0 Å². The number of hydrogen-bond donors (Lipinski definition) is 2. The molecule has 0 radical (unpaired) electrons. The van der Waals surface area contributed by atoms with Gasteiger partial charge in [-0.1, -0.05) is 36.0 Å². The maximum Gasteiger partial charge on any atom is 0.234 e. The normalized spacial score (nSPS) is 11.2. The van der Waals surface area contributed by atoms with E-state index in [1.54, 1.807) is 0 Å². The lowest BCUT2D eigenvalue weighted by Gasteiger charge is -2.06. The summed E-state index contributed by atoms with van der Waals surface area (Å²) in [5.74, 6) is 0.888. The Hall–Kier alpha value is -2.07. The zero-order chi connectivity index (χ0) is 16.5. The highest BCUT2D eigenvalue weighted by molar-refractivity contribution is 14.1. The van der Waals surface area contributed by atoms with Crippen LogP contribution in [0.25, 0.3) is 16.8 Å².